The van der Waals surface area contributed by atoms with Crippen molar-refractivity contribution in [2.24, 2.45) is 4.99 Å². The molecule has 0 saturated carbocycles. The van der Waals surface area contributed by atoms with Gasteiger partial charge in [-0.25, -0.2) is 4.79 Å². The van der Waals surface area contributed by atoms with Gasteiger partial charge in [0.15, 0.2) is 0 Å². The van der Waals surface area contributed by atoms with Crippen molar-refractivity contribution in [1.29, 1.82) is 0 Å². The van der Waals surface area contributed by atoms with Gasteiger partial charge >= 0.3 is 53.6 Å². The molecule has 1 aromatic rings. The first-order valence-corrected chi connectivity index (χ1v) is 10.8. The van der Waals surface area contributed by atoms with Gasteiger partial charge in [-0.05, 0) is 37.6 Å². The second kappa shape index (κ2) is 11.3. The van der Waals surface area contributed by atoms with Crippen molar-refractivity contribution in [2.45, 2.75) is 79.9 Å². The number of alkyl halides is 19. The molecule has 252 valence electrons. The first kappa shape index (κ1) is 38.8. The molecule has 0 bridgehead atoms. The number of nitrogens with zero attached hydrogens (tertiary/aromatic N) is 1. The molecule has 0 radical (unpaired) electrons. The fourth-order valence-electron chi connectivity index (χ4n) is 3.24. The molecule has 0 spiro atoms. The van der Waals surface area contributed by atoms with E-state index in [0.29, 0.717) is 6.92 Å². The van der Waals surface area contributed by atoms with Crippen LogP contribution in [-0.2, 0) is 4.79 Å². The van der Waals surface area contributed by atoms with E-state index in [-0.39, 0.29) is 11.3 Å². The summed E-state index contributed by atoms with van der Waals surface area (Å²) in [7, 11) is 0. The number of nitrogens with one attached hydrogen (secondary N) is 1. The van der Waals surface area contributed by atoms with Crippen molar-refractivity contribution >= 4 is 17.7 Å². The third-order valence-corrected chi connectivity index (χ3v) is 5.75. The molecule has 1 rings (SSSR count). The smallest absolute Gasteiger partial charge is 0.349 e. The predicted molar refractivity (Wildman–Crippen MR) is 106 cm³/mol. The summed E-state index contributed by atoms with van der Waals surface area (Å²) in [5, 5.41) is 1.45. The van der Waals surface area contributed by atoms with Crippen LogP contribution in [0.2, 0.25) is 0 Å². The zero-order valence-electron chi connectivity index (χ0n) is 21.0. The van der Waals surface area contributed by atoms with Crippen molar-refractivity contribution in [3.63, 3.8) is 0 Å². The molecule has 0 fully saturated rings. The van der Waals surface area contributed by atoms with E-state index >= 15 is 0 Å². The summed E-state index contributed by atoms with van der Waals surface area (Å²) in [5.74, 6) is -68.8. The number of hydrogen-bond acceptors (Lipinski definition) is 3. The lowest BCUT2D eigenvalue weighted by molar-refractivity contribution is -0.468. The summed E-state index contributed by atoms with van der Waals surface area (Å²) in [6.07, 6.45) is -9.75. The molecule has 4 nitrogen and oxygen atoms in total. The maximum atomic E-state index is 14.2. The largest absolute Gasteiger partial charge is 0.460 e. The Labute approximate surface area is 231 Å². The van der Waals surface area contributed by atoms with Crippen molar-refractivity contribution in [2.75, 3.05) is 0 Å². The summed E-state index contributed by atoms with van der Waals surface area (Å²) in [6, 6.07) is 0.153. The van der Waals surface area contributed by atoms with Gasteiger partial charge < -0.3 is 5.32 Å². The molecule has 1 aromatic carbocycles. The van der Waals surface area contributed by atoms with E-state index in [1.165, 1.54) is 12.2 Å². The van der Waals surface area contributed by atoms with Crippen LogP contribution in [0.15, 0.2) is 23.2 Å². The topological polar surface area (TPSA) is 58.5 Å². The number of hydrogen-bond donors (Lipinski definition) is 1. The van der Waals surface area contributed by atoms with Gasteiger partial charge in [0.2, 0.25) is 6.08 Å². The summed E-state index contributed by atoms with van der Waals surface area (Å²) >= 11 is 0. The lowest BCUT2D eigenvalue weighted by atomic mass is 9.86. The van der Waals surface area contributed by atoms with E-state index in [1.807, 2.05) is 0 Å². The van der Waals surface area contributed by atoms with Crippen LogP contribution < -0.4 is 5.32 Å². The number of halogens is 19. The number of isocyanates is 1. The number of benzene rings is 1. The number of aliphatic imine (C=N–C) groups is 1. The first-order chi connectivity index (χ1) is 19.2. The molecule has 0 aliphatic carbocycles. The monoisotopic (exact) mass is 686 g/mol. The van der Waals surface area contributed by atoms with Gasteiger partial charge in [0.1, 0.15) is 0 Å². The van der Waals surface area contributed by atoms with E-state index in [1.54, 1.807) is 0 Å². The number of aryl methyl sites for hydroxylation is 1. The van der Waals surface area contributed by atoms with Gasteiger partial charge in [-0.15, -0.1) is 0 Å². The zero-order valence-corrected chi connectivity index (χ0v) is 21.0. The Balaban J connectivity index is 3.45. The highest BCUT2D eigenvalue weighted by atomic mass is 19.4. The first-order valence-electron chi connectivity index (χ1n) is 10.8. The van der Waals surface area contributed by atoms with Crippen LogP contribution in [0.4, 0.5) is 89.1 Å². The van der Waals surface area contributed by atoms with Gasteiger partial charge in [0, 0.05) is 18.0 Å². The van der Waals surface area contributed by atoms with Crippen LogP contribution in [0.25, 0.3) is 0 Å². The highest BCUT2D eigenvalue weighted by molar-refractivity contribution is 5.95. The molecule has 0 aromatic heterocycles. The molecule has 0 aliphatic rings. The van der Waals surface area contributed by atoms with Crippen LogP contribution in [-0.4, -0.2) is 71.6 Å². The maximum absolute atomic E-state index is 14.2. The number of carbonyl (C=O) groups excluding carboxylic acids is 2. The molecule has 0 aliphatic heterocycles. The van der Waals surface area contributed by atoms with E-state index in [9.17, 15) is 93.0 Å². The average molecular weight is 686 g/mol. The molecule has 0 heterocycles. The van der Waals surface area contributed by atoms with Crippen molar-refractivity contribution in [3.8, 4) is 0 Å². The highest BCUT2D eigenvalue weighted by Gasteiger charge is 2.96. The van der Waals surface area contributed by atoms with Gasteiger partial charge in [0.05, 0.1) is 5.69 Å². The average Bonchev–Trinajstić information content (AvgIpc) is 2.83. The van der Waals surface area contributed by atoms with Crippen molar-refractivity contribution < 1.29 is 93.0 Å². The molecular formula is C21H13F19N2O2. The molecule has 0 saturated heterocycles. The van der Waals surface area contributed by atoms with Crippen molar-refractivity contribution in [3.05, 3.63) is 29.3 Å². The summed E-state index contributed by atoms with van der Waals surface area (Å²) < 4.78 is 255. The minimum atomic E-state index is -9.00. The Morgan fingerprint density at radius 1 is 0.705 bits per heavy atom. The SMILES string of the molecule is Cc1cc(C(=O)NC(C)CC(F)(F)C(F)(F)C(F)(F)C(F)(F)C(F)(F)C(F)(F)C(F)(F)C(F)(F)C(F)(F)F)ccc1N=C=O. The van der Waals surface area contributed by atoms with E-state index in [2.05, 4.69) is 4.99 Å². The van der Waals surface area contributed by atoms with E-state index in [0.717, 1.165) is 24.3 Å². The molecule has 1 amide bonds. The lowest BCUT2D eigenvalue weighted by Gasteiger charge is -2.44. The number of rotatable bonds is 12. The fourth-order valence-corrected chi connectivity index (χ4v) is 3.24. The van der Waals surface area contributed by atoms with Gasteiger partial charge in [-0.2, -0.15) is 88.4 Å². The standard InChI is InChI=1S/C21H13F19N2O2/c1-8-5-10(3-4-11(8)41-7-43)12(44)42-9(2)6-13(22,23)14(24,25)15(26,27)16(28,29)17(30,31)18(32,33)19(34,35)20(36,37)21(38,39)40/h3-5,9H,6H2,1-2H3,(H,42,44). The highest BCUT2D eigenvalue weighted by Crippen LogP contribution is 2.65. The molecule has 23 heteroatoms. The molecular weight excluding hydrogens is 673 g/mol. The van der Waals surface area contributed by atoms with Crippen LogP contribution in [0.1, 0.15) is 29.3 Å². The molecule has 1 N–H and O–H groups in total. The summed E-state index contributed by atoms with van der Waals surface area (Å²) in [5.41, 5.74) is -0.588. The summed E-state index contributed by atoms with van der Waals surface area (Å²) in [4.78, 5) is 25.6. The van der Waals surface area contributed by atoms with Gasteiger partial charge in [0.25, 0.3) is 5.91 Å². The Hall–Kier alpha value is -3.26. The zero-order chi connectivity index (χ0) is 35.3. The Bertz CT molecular complexity index is 1280. The van der Waals surface area contributed by atoms with Gasteiger partial charge in [-0.1, -0.05) is 0 Å². The Morgan fingerprint density at radius 3 is 1.45 bits per heavy atom. The van der Waals surface area contributed by atoms with Crippen molar-refractivity contribution in [1.82, 2.24) is 5.32 Å². The van der Waals surface area contributed by atoms with Crippen LogP contribution in [0.3, 0.4) is 0 Å². The normalized spacial score (nSPS) is 15.5. The lowest BCUT2D eigenvalue weighted by Crippen LogP contribution is -2.75. The Morgan fingerprint density at radius 2 is 1.09 bits per heavy atom. The van der Waals surface area contributed by atoms with E-state index in [4.69, 9.17) is 0 Å². The van der Waals surface area contributed by atoms with Crippen LogP contribution >= 0.6 is 0 Å². The maximum Gasteiger partial charge on any atom is 0.460 e. The molecule has 44 heavy (non-hydrogen) atoms. The van der Waals surface area contributed by atoms with E-state index < -0.39 is 77.5 Å². The number of carbonyl (C=O) groups is 1. The summed E-state index contributed by atoms with van der Waals surface area (Å²) in [6.45, 7) is 1.52. The molecule has 1 atom stereocenters. The fraction of sp³-hybridized carbons (Fsp3) is 0.619. The second-order valence-electron chi connectivity index (χ2n) is 9.01. The van der Waals surface area contributed by atoms with Crippen LogP contribution in [0, 0.1) is 6.92 Å². The predicted octanol–water partition coefficient (Wildman–Crippen LogP) is 8.12. The Kier molecular flexibility index (Phi) is 9.93. The third-order valence-electron chi connectivity index (χ3n) is 5.75. The van der Waals surface area contributed by atoms with Gasteiger partial charge in [-0.3, -0.25) is 4.79 Å². The second-order valence-corrected chi connectivity index (χ2v) is 9.01. The molecule has 1 unspecified atom stereocenters. The quantitative estimate of drug-likeness (QED) is 0.137. The number of amides is 1. The third kappa shape index (κ3) is 5.78. The minimum Gasteiger partial charge on any atom is -0.349 e. The van der Waals surface area contributed by atoms with Crippen LogP contribution in [0.5, 0.6) is 0 Å². The minimum absolute atomic E-state index is 0.0312.